The molecule has 1 atom stereocenters. The Morgan fingerprint density at radius 3 is 2.61 bits per heavy atom. The first-order valence-corrected chi connectivity index (χ1v) is 7.25. The SMILES string of the molecule is CCOC(=O)C(Nc1cccc(C)c1C#N)c1ccc(F)cc1. The third-order valence-corrected chi connectivity index (χ3v) is 3.41. The van der Waals surface area contributed by atoms with E-state index in [-0.39, 0.29) is 12.4 Å². The van der Waals surface area contributed by atoms with E-state index in [0.29, 0.717) is 16.8 Å². The van der Waals surface area contributed by atoms with Gasteiger partial charge in [-0.1, -0.05) is 24.3 Å². The molecule has 0 aliphatic rings. The number of anilines is 1. The molecule has 118 valence electrons. The number of carbonyl (C=O) groups excluding carboxylic acids is 1. The number of nitriles is 1. The molecule has 0 spiro atoms. The van der Waals surface area contributed by atoms with E-state index in [0.717, 1.165) is 5.56 Å². The minimum Gasteiger partial charge on any atom is -0.464 e. The number of carbonyl (C=O) groups is 1. The Kier molecular flexibility index (Phi) is 5.32. The van der Waals surface area contributed by atoms with Crippen molar-refractivity contribution >= 4 is 11.7 Å². The second-order valence-electron chi connectivity index (χ2n) is 4.99. The van der Waals surface area contributed by atoms with Gasteiger partial charge in [-0.2, -0.15) is 5.26 Å². The molecular weight excluding hydrogens is 295 g/mol. The highest BCUT2D eigenvalue weighted by atomic mass is 19.1. The maximum absolute atomic E-state index is 13.1. The van der Waals surface area contributed by atoms with Crippen molar-refractivity contribution in [3.05, 3.63) is 65.0 Å². The molecule has 4 nitrogen and oxygen atoms in total. The van der Waals surface area contributed by atoms with Crippen LogP contribution in [0.15, 0.2) is 42.5 Å². The lowest BCUT2D eigenvalue weighted by atomic mass is 10.0. The van der Waals surface area contributed by atoms with Gasteiger partial charge in [-0.05, 0) is 43.2 Å². The van der Waals surface area contributed by atoms with Crippen molar-refractivity contribution in [1.29, 1.82) is 5.26 Å². The van der Waals surface area contributed by atoms with E-state index in [1.807, 2.05) is 13.0 Å². The zero-order chi connectivity index (χ0) is 16.8. The molecule has 2 aromatic carbocycles. The molecule has 1 unspecified atom stereocenters. The number of hydrogen-bond donors (Lipinski definition) is 1. The van der Waals surface area contributed by atoms with Crippen molar-refractivity contribution in [2.75, 3.05) is 11.9 Å². The molecule has 0 amide bonds. The van der Waals surface area contributed by atoms with Gasteiger partial charge in [0.25, 0.3) is 0 Å². The maximum Gasteiger partial charge on any atom is 0.333 e. The van der Waals surface area contributed by atoms with Gasteiger partial charge in [0.15, 0.2) is 6.04 Å². The van der Waals surface area contributed by atoms with Crippen molar-refractivity contribution in [3.63, 3.8) is 0 Å². The molecule has 1 N–H and O–H groups in total. The molecule has 0 heterocycles. The Hall–Kier alpha value is -2.87. The number of nitrogens with zero attached hydrogens (tertiary/aromatic N) is 1. The molecule has 2 aromatic rings. The van der Waals surface area contributed by atoms with Crippen LogP contribution in [0.5, 0.6) is 0 Å². The van der Waals surface area contributed by atoms with Crippen molar-refractivity contribution in [1.82, 2.24) is 0 Å². The second-order valence-corrected chi connectivity index (χ2v) is 4.99. The fourth-order valence-electron chi connectivity index (χ4n) is 2.25. The van der Waals surface area contributed by atoms with Crippen molar-refractivity contribution in [2.45, 2.75) is 19.9 Å². The van der Waals surface area contributed by atoms with Crippen molar-refractivity contribution in [3.8, 4) is 6.07 Å². The van der Waals surface area contributed by atoms with Gasteiger partial charge in [0.1, 0.15) is 11.9 Å². The summed E-state index contributed by atoms with van der Waals surface area (Å²) in [6.07, 6.45) is 0. The van der Waals surface area contributed by atoms with Crippen LogP contribution < -0.4 is 5.32 Å². The van der Waals surface area contributed by atoms with Gasteiger partial charge in [-0.25, -0.2) is 9.18 Å². The van der Waals surface area contributed by atoms with Crippen molar-refractivity contribution < 1.29 is 13.9 Å². The molecule has 0 aliphatic carbocycles. The first-order valence-electron chi connectivity index (χ1n) is 7.25. The third-order valence-electron chi connectivity index (χ3n) is 3.41. The highest BCUT2D eigenvalue weighted by molar-refractivity contribution is 5.82. The molecule has 5 heteroatoms. The Morgan fingerprint density at radius 1 is 1.30 bits per heavy atom. The van der Waals surface area contributed by atoms with Crippen LogP contribution in [0.25, 0.3) is 0 Å². The molecular formula is C18H17FN2O2. The summed E-state index contributed by atoms with van der Waals surface area (Å²) in [5.74, 6) is -0.867. The molecule has 0 aromatic heterocycles. The first kappa shape index (κ1) is 16.5. The largest absolute Gasteiger partial charge is 0.464 e. The summed E-state index contributed by atoms with van der Waals surface area (Å²) in [7, 11) is 0. The summed E-state index contributed by atoms with van der Waals surface area (Å²) in [5, 5.41) is 12.3. The zero-order valence-corrected chi connectivity index (χ0v) is 13.0. The van der Waals surface area contributed by atoms with E-state index >= 15 is 0 Å². The predicted molar refractivity (Wildman–Crippen MR) is 85.3 cm³/mol. The monoisotopic (exact) mass is 312 g/mol. The topological polar surface area (TPSA) is 62.1 Å². The predicted octanol–water partition coefficient (Wildman–Crippen LogP) is 3.72. The van der Waals surface area contributed by atoms with E-state index in [9.17, 15) is 14.4 Å². The second kappa shape index (κ2) is 7.41. The highest BCUT2D eigenvalue weighted by Crippen LogP contribution is 2.25. The first-order chi connectivity index (χ1) is 11.1. The number of aryl methyl sites for hydroxylation is 1. The van der Waals surface area contributed by atoms with Gasteiger partial charge in [0.05, 0.1) is 17.9 Å². The molecule has 0 bridgehead atoms. The Balaban J connectivity index is 2.39. The van der Waals surface area contributed by atoms with Gasteiger partial charge < -0.3 is 10.1 Å². The smallest absolute Gasteiger partial charge is 0.333 e. The van der Waals surface area contributed by atoms with Gasteiger partial charge in [-0.15, -0.1) is 0 Å². The van der Waals surface area contributed by atoms with E-state index in [1.54, 1.807) is 19.1 Å². The number of benzene rings is 2. The fourth-order valence-corrected chi connectivity index (χ4v) is 2.25. The van der Waals surface area contributed by atoms with Gasteiger partial charge in [0, 0.05) is 0 Å². The third kappa shape index (κ3) is 3.86. The maximum atomic E-state index is 13.1. The molecule has 0 fully saturated rings. The van der Waals surface area contributed by atoms with Crippen LogP contribution in [0.2, 0.25) is 0 Å². The number of halogens is 1. The summed E-state index contributed by atoms with van der Waals surface area (Å²) in [4.78, 5) is 12.3. The van der Waals surface area contributed by atoms with Crippen LogP contribution in [0.4, 0.5) is 10.1 Å². The number of nitrogens with one attached hydrogen (secondary N) is 1. The Bertz CT molecular complexity index is 736. The van der Waals surface area contributed by atoms with E-state index in [2.05, 4.69) is 11.4 Å². The minimum absolute atomic E-state index is 0.233. The Morgan fingerprint density at radius 2 is 2.00 bits per heavy atom. The lowest BCUT2D eigenvalue weighted by molar-refractivity contribution is -0.144. The average molecular weight is 312 g/mol. The lowest BCUT2D eigenvalue weighted by Gasteiger charge is -2.20. The molecule has 0 aliphatic heterocycles. The zero-order valence-electron chi connectivity index (χ0n) is 13.0. The van der Waals surface area contributed by atoms with Gasteiger partial charge >= 0.3 is 5.97 Å². The highest BCUT2D eigenvalue weighted by Gasteiger charge is 2.23. The summed E-state index contributed by atoms with van der Waals surface area (Å²) in [6.45, 7) is 3.77. The van der Waals surface area contributed by atoms with Crippen LogP contribution in [-0.2, 0) is 9.53 Å². The van der Waals surface area contributed by atoms with Crippen LogP contribution in [0, 0.1) is 24.1 Å². The molecule has 2 rings (SSSR count). The molecule has 0 saturated carbocycles. The van der Waals surface area contributed by atoms with Crippen LogP contribution in [0.1, 0.15) is 29.7 Å². The summed E-state index contributed by atoms with van der Waals surface area (Å²) < 4.78 is 18.2. The molecule has 0 saturated heterocycles. The van der Waals surface area contributed by atoms with Crippen LogP contribution >= 0.6 is 0 Å². The molecule has 23 heavy (non-hydrogen) atoms. The normalized spacial score (nSPS) is 11.4. The van der Waals surface area contributed by atoms with Crippen LogP contribution in [-0.4, -0.2) is 12.6 Å². The average Bonchev–Trinajstić information content (AvgIpc) is 2.54. The van der Waals surface area contributed by atoms with E-state index < -0.39 is 12.0 Å². The number of hydrogen-bond acceptors (Lipinski definition) is 4. The van der Waals surface area contributed by atoms with Gasteiger partial charge in [-0.3, -0.25) is 0 Å². The van der Waals surface area contributed by atoms with Crippen LogP contribution in [0.3, 0.4) is 0 Å². The lowest BCUT2D eigenvalue weighted by Crippen LogP contribution is -2.24. The fraction of sp³-hybridized carbons (Fsp3) is 0.222. The Labute approximate surface area is 134 Å². The van der Waals surface area contributed by atoms with Gasteiger partial charge in [0.2, 0.25) is 0 Å². The van der Waals surface area contributed by atoms with E-state index in [1.165, 1.54) is 24.3 Å². The summed E-state index contributed by atoms with van der Waals surface area (Å²) in [5.41, 5.74) is 2.37. The van der Waals surface area contributed by atoms with E-state index in [4.69, 9.17) is 4.74 Å². The molecule has 0 radical (unpaired) electrons. The number of esters is 1. The number of ether oxygens (including phenoxy) is 1. The minimum atomic E-state index is -0.815. The standard InChI is InChI=1S/C18H17FN2O2/c1-3-23-18(22)17(13-7-9-14(19)10-8-13)21-16-6-4-5-12(2)15(16)11-20/h4-10,17,21H,3H2,1-2H3. The quantitative estimate of drug-likeness (QED) is 0.855. The number of rotatable bonds is 5. The van der Waals surface area contributed by atoms with Crippen molar-refractivity contribution in [2.24, 2.45) is 0 Å². The summed E-state index contributed by atoms with van der Waals surface area (Å²) >= 11 is 0. The summed E-state index contributed by atoms with van der Waals surface area (Å²) in [6, 6.07) is 12.3.